The molecule has 5 nitrogen and oxygen atoms in total. The third kappa shape index (κ3) is 6.66. The number of alkyl halides is 5. The number of methoxy groups -OCH3 is 1. The lowest BCUT2D eigenvalue weighted by atomic mass is 9.67. The molecule has 1 aromatic heterocycles. The number of hydrogen-bond acceptors (Lipinski definition) is 4. The standard InChI is InChI=1S/C23H37F5N4O/c1-15(33-4)18-11-16(7-8-23(26,27)28)5-6-17(18)21-19(13-31(3)10-9-29-2)30-32-14-22(24,25)12-20(21)32/h15-18,29H,5-14H2,1-4H3/t15?,16-,17?,18?/m1/s1. The molecule has 1 fully saturated rings. The quantitative estimate of drug-likeness (QED) is 0.497. The summed E-state index contributed by atoms with van der Waals surface area (Å²) in [5.41, 5.74) is 2.28. The fourth-order valence-electron chi connectivity index (χ4n) is 5.56. The third-order valence-corrected chi connectivity index (χ3v) is 7.33. The normalized spacial score (nSPS) is 26.1. The van der Waals surface area contributed by atoms with E-state index >= 15 is 0 Å². The van der Waals surface area contributed by atoms with Gasteiger partial charge in [-0.05, 0) is 64.5 Å². The Hall–Kier alpha value is -1.26. The highest BCUT2D eigenvalue weighted by atomic mass is 19.4. The predicted octanol–water partition coefficient (Wildman–Crippen LogP) is 4.60. The van der Waals surface area contributed by atoms with Crippen molar-refractivity contribution in [1.82, 2.24) is 20.0 Å². The van der Waals surface area contributed by atoms with Crippen molar-refractivity contribution in [3.05, 3.63) is 17.0 Å². The first-order valence-corrected chi connectivity index (χ1v) is 11.8. The number of likely N-dealkylation sites (N-methyl/N-ethyl adjacent to an activating group) is 2. The molecule has 0 radical (unpaired) electrons. The van der Waals surface area contributed by atoms with E-state index in [1.54, 1.807) is 7.11 Å². The van der Waals surface area contributed by atoms with Gasteiger partial charge in [0, 0.05) is 44.4 Å². The summed E-state index contributed by atoms with van der Waals surface area (Å²) in [4.78, 5) is 2.11. The van der Waals surface area contributed by atoms with Crippen LogP contribution in [0.2, 0.25) is 0 Å². The summed E-state index contributed by atoms with van der Waals surface area (Å²) in [6, 6.07) is 0. The molecule has 1 aliphatic carbocycles. The summed E-state index contributed by atoms with van der Waals surface area (Å²) in [6.45, 7) is 3.65. The van der Waals surface area contributed by atoms with Gasteiger partial charge in [-0.25, -0.2) is 8.78 Å². The number of hydrogen-bond donors (Lipinski definition) is 1. The van der Waals surface area contributed by atoms with Crippen molar-refractivity contribution >= 4 is 0 Å². The Balaban J connectivity index is 1.88. The second-order valence-electron chi connectivity index (χ2n) is 9.88. The number of rotatable bonds is 10. The van der Waals surface area contributed by atoms with Gasteiger partial charge in [0.25, 0.3) is 5.92 Å². The molecule has 0 amide bonds. The molecule has 1 aromatic rings. The van der Waals surface area contributed by atoms with Gasteiger partial charge in [0.1, 0.15) is 6.54 Å². The van der Waals surface area contributed by atoms with Gasteiger partial charge in [-0.1, -0.05) is 0 Å². The molecule has 0 bridgehead atoms. The van der Waals surface area contributed by atoms with E-state index in [1.165, 1.54) is 4.68 Å². The van der Waals surface area contributed by atoms with Crippen LogP contribution in [-0.4, -0.2) is 67.2 Å². The van der Waals surface area contributed by atoms with Crippen LogP contribution in [0.5, 0.6) is 0 Å². The monoisotopic (exact) mass is 480 g/mol. The smallest absolute Gasteiger partial charge is 0.381 e. The zero-order chi connectivity index (χ0) is 24.4. The van der Waals surface area contributed by atoms with Crippen molar-refractivity contribution < 1.29 is 26.7 Å². The molecule has 10 heteroatoms. The van der Waals surface area contributed by atoms with E-state index in [0.717, 1.165) is 24.3 Å². The highest BCUT2D eigenvalue weighted by Crippen LogP contribution is 2.48. The average Bonchev–Trinajstić information content (AvgIpc) is 3.20. The molecule has 4 atom stereocenters. The first-order valence-electron chi connectivity index (χ1n) is 11.8. The summed E-state index contributed by atoms with van der Waals surface area (Å²) in [5, 5.41) is 7.71. The second-order valence-corrected chi connectivity index (χ2v) is 9.88. The average molecular weight is 481 g/mol. The first-order chi connectivity index (χ1) is 15.4. The van der Waals surface area contributed by atoms with E-state index < -0.39 is 25.1 Å². The fourth-order valence-corrected chi connectivity index (χ4v) is 5.56. The highest BCUT2D eigenvalue weighted by Gasteiger charge is 2.45. The highest BCUT2D eigenvalue weighted by molar-refractivity contribution is 5.35. The Kier molecular flexibility index (Phi) is 8.43. The van der Waals surface area contributed by atoms with Crippen LogP contribution < -0.4 is 5.32 Å². The molecule has 2 heterocycles. The molecule has 190 valence electrons. The van der Waals surface area contributed by atoms with Gasteiger partial charge < -0.3 is 10.1 Å². The molecule has 33 heavy (non-hydrogen) atoms. The Morgan fingerprint density at radius 2 is 2.03 bits per heavy atom. The molecule has 2 aliphatic rings. The maximum Gasteiger partial charge on any atom is 0.389 e. The SMILES string of the molecule is CNCCN(C)Cc1nn2c(c1C1CC[C@H](CCC(F)(F)F)CC1C(C)OC)CC(F)(F)C2. The fraction of sp³-hybridized carbons (Fsp3) is 0.870. The van der Waals surface area contributed by atoms with Crippen molar-refractivity contribution in [2.45, 2.75) is 82.7 Å². The molecule has 0 spiro atoms. The van der Waals surface area contributed by atoms with Gasteiger partial charge in [-0.2, -0.15) is 18.3 Å². The van der Waals surface area contributed by atoms with E-state index in [2.05, 4.69) is 15.3 Å². The number of ether oxygens (including phenoxy) is 1. The van der Waals surface area contributed by atoms with Crippen molar-refractivity contribution in [2.75, 3.05) is 34.3 Å². The van der Waals surface area contributed by atoms with Gasteiger partial charge in [0.05, 0.1) is 18.2 Å². The summed E-state index contributed by atoms with van der Waals surface area (Å²) < 4.78 is 74.0. The number of nitrogens with one attached hydrogen (secondary N) is 1. The largest absolute Gasteiger partial charge is 0.389 e. The molecular weight excluding hydrogens is 443 g/mol. The zero-order valence-corrected chi connectivity index (χ0v) is 20.0. The Bertz CT molecular complexity index is 782. The number of halogens is 5. The minimum atomic E-state index is -4.16. The second kappa shape index (κ2) is 10.6. The van der Waals surface area contributed by atoms with Gasteiger partial charge in [-0.3, -0.25) is 9.58 Å². The van der Waals surface area contributed by atoms with E-state index in [4.69, 9.17) is 4.74 Å². The maximum atomic E-state index is 14.3. The van der Waals surface area contributed by atoms with Crippen LogP contribution in [0.3, 0.4) is 0 Å². The summed E-state index contributed by atoms with van der Waals surface area (Å²) >= 11 is 0. The maximum absolute atomic E-state index is 14.3. The van der Waals surface area contributed by atoms with E-state index in [0.29, 0.717) is 31.5 Å². The Morgan fingerprint density at radius 1 is 1.30 bits per heavy atom. The zero-order valence-electron chi connectivity index (χ0n) is 20.0. The van der Waals surface area contributed by atoms with Crippen molar-refractivity contribution in [3.63, 3.8) is 0 Å². The first kappa shape index (κ1) is 26.3. The lowest BCUT2D eigenvalue weighted by Gasteiger charge is -2.40. The van der Waals surface area contributed by atoms with E-state index in [1.807, 2.05) is 21.0 Å². The van der Waals surface area contributed by atoms with Crippen molar-refractivity contribution in [1.29, 1.82) is 0 Å². The Labute approximate surface area is 193 Å². The van der Waals surface area contributed by atoms with Crippen LogP contribution in [0, 0.1) is 11.8 Å². The molecule has 3 unspecified atom stereocenters. The Morgan fingerprint density at radius 3 is 2.67 bits per heavy atom. The summed E-state index contributed by atoms with van der Waals surface area (Å²) in [7, 11) is 5.45. The van der Waals surface area contributed by atoms with E-state index in [9.17, 15) is 22.0 Å². The van der Waals surface area contributed by atoms with E-state index in [-0.39, 0.29) is 36.7 Å². The van der Waals surface area contributed by atoms with Crippen LogP contribution in [0.25, 0.3) is 0 Å². The molecule has 3 rings (SSSR count). The minimum Gasteiger partial charge on any atom is -0.381 e. The number of fused-ring (bicyclic) bond motifs is 1. The van der Waals surface area contributed by atoms with Gasteiger partial charge in [0.2, 0.25) is 0 Å². The van der Waals surface area contributed by atoms with Gasteiger partial charge in [0.15, 0.2) is 0 Å². The lowest BCUT2D eigenvalue weighted by Crippen LogP contribution is -2.34. The minimum absolute atomic E-state index is 0.0357. The summed E-state index contributed by atoms with van der Waals surface area (Å²) in [5.74, 6) is -2.95. The van der Waals surface area contributed by atoms with Crippen molar-refractivity contribution in [3.8, 4) is 0 Å². The third-order valence-electron chi connectivity index (χ3n) is 7.33. The van der Waals surface area contributed by atoms with Crippen LogP contribution >= 0.6 is 0 Å². The van der Waals surface area contributed by atoms with Crippen LogP contribution in [0.4, 0.5) is 22.0 Å². The van der Waals surface area contributed by atoms with Crippen LogP contribution in [-0.2, 0) is 24.2 Å². The van der Waals surface area contributed by atoms with Crippen LogP contribution in [0.15, 0.2) is 0 Å². The van der Waals surface area contributed by atoms with Crippen LogP contribution in [0.1, 0.15) is 61.9 Å². The lowest BCUT2D eigenvalue weighted by molar-refractivity contribution is -0.138. The molecular formula is C23H37F5N4O. The topological polar surface area (TPSA) is 42.3 Å². The molecule has 1 N–H and O–H groups in total. The van der Waals surface area contributed by atoms with Crippen molar-refractivity contribution in [2.24, 2.45) is 11.8 Å². The predicted molar refractivity (Wildman–Crippen MR) is 116 cm³/mol. The number of nitrogens with zero attached hydrogens (tertiary/aromatic N) is 3. The van der Waals surface area contributed by atoms with Gasteiger partial charge in [-0.15, -0.1) is 0 Å². The summed E-state index contributed by atoms with van der Waals surface area (Å²) in [6.07, 6.45) is -3.44. The molecule has 1 aliphatic heterocycles. The molecule has 0 aromatic carbocycles. The molecule has 0 saturated heterocycles. The molecule has 1 saturated carbocycles. The number of aromatic nitrogens is 2. The van der Waals surface area contributed by atoms with Gasteiger partial charge >= 0.3 is 6.18 Å².